The van der Waals surface area contributed by atoms with Gasteiger partial charge in [0.05, 0.1) is 21.5 Å². The van der Waals surface area contributed by atoms with Crippen LogP contribution in [0.4, 0.5) is 0 Å². The van der Waals surface area contributed by atoms with Crippen molar-refractivity contribution in [2.75, 3.05) is 0 Å². The van der Waals surface area contributed by atoms with Crippen LogP contribution in [0.15, 0.2) is 22.7 Å². The first-order chi connectivity index (χ1) is 7.50. The van der Waals surface area contributed by atoms with Crippen LogP contribution in [0.25, 0.3) is 5.69 Å². The first kappa shape index (κ1) is 11.7. The minimum atomic E-state index is 0.765. The molecule has 0 spiro atoms. The van der Waals surface area contributed by atoms with Crippen LogP contribution in [-0.4, -0.2) is 9.78 Å². The van der Waals surface area contributed by atoms with Gasteiger partial charge in [-0.1, -0.05) is 17.7 Å². The van der Waals surface area contributed by atoms with Gasteiger partial charge in [0.1, 0.15) is 0 Å². The van der Waals surface area contributed by atoms with E-state index < -0.39 is 0 Å². The zero-order chi connectivity index (χ0) is 11.9. The summed E-state index contributed by atoms with van der Waals surface area (Å²) in [5.41, 5.74) is 4.12. The van der Waals surface area contributed by atoms with E-state index in [1.54, 1.807) is 0 Å². The molecule has 2 rings (SSSR count). The van der Waals surface area contributed by atoms with Gasteiger partial charge in [-0.3, -0.25) is 0 Å². The Hall–Kier alpha value is -0.800. The zero-order valence-electron chi connectivity index (χ0n) is 9.38. The third-order valence-electron chi connectivity index (χ3n) is 2.60. The molecule has 4 heteroatoms. The van der Waals surface area contributed by atoms with Crippen molar-refractivity contribution in [3.63, 3.8) is 0 Å². The van der Waals surface area contributed by atoms with E-state index in [1.807, 2.05) is 43.7 Å². The van der Waals surface area contributed by atoms with Crippen molar-refractivity contribution in [1.29, 1.82) is 0 Å². The van der Waals surface area contributed by atoms with Crippen LogP contribution in [0.5, 0.6) is 0 Å². The molecule has 0 N–H and O–H groups in total. The molecule has 0 radical (unpaired) electrons. The summed E-state index contributed by atoms with van der Waals surface area (Å²) in [5, 5.41) is 5.23. The topological polar surface area (TPSA) is 17.8 Å². The van der Waals surface area contributed by atoms with Gasteiger partial charge in [0.2, 0.25) is 0 Å². The van der Waals surface area contributed by atoms with E-state index in [4.69, 9.17) is 11.6 Å². The predicted molar refractivity (Wildman–Crippen MR) is 70.5 cm³/mol. The number of halogens is 2. The lowest BCUT2D eigenvalue weighted by Gasteiger charge is -2.06. The molecule has 0 unspecified atom stereocenters. The Labute approximate surface area is 108 Å². The highest BCUT2D eigenvalue weighted by Gasteiger charge is 2.10. The van der Waals surface area contributed by atoms with E-state index in [0.717, 1.165) is 32.1 Å². The van der Waals surface area contributed by atoms with Gasteiger partial charge >= 0.3 is 0 Å². The molecular weight excluding hydrogens is 288 g/mol. The summed E-state index contributed by atoms with van der Waals surface area (Å²) in [6.07, 6.45) is 0. The fraction of sp³-hybridized carbons (Fsp3) is 0.250. The first-order valence-electron chi connectivity index (χ1n) is 4.99. The molecule has 0 aliphatic rings. The second-order valence-electron chi connectivity index (χ2n) is 3.83. The largest absolute Gasteiger partial charge is 0.237 e. The standard InChI is InChI=1S/C12H12BrClN2/c1-7-4-5-10(6-11(7)14)16-9(3)12(13)8(2)15-16/h4-6H,1-3H3. The maximum atomic E-state index is 6.11. The smallest absolute Gasteiger partial charge is 0.0743 e. The molecule has 0 amide bonds. The van der Waals surface area contributed by atoms with E-state index in [0.29, 0.717) is 0 Å². The average molecular weight is 300 g/mol. The number of rotatable bonds is 1. The molecule has 0 atom stereocenters. The molecule has 0 saturated heterocycles. The highest BCUT2D eigenvalue weighted by molar-refractivity contribution is 9.10. The fourth-order valence-corrected chi connectivity index (χ4v) is 2.01. The molecule has 0 aliphatic carbocycles. The third kappa shape index (κ3) is 1.89. The van der Waals surface area contributed by atoms with Gasteiger partial charge in [-0.25, -0.2) is 4.68 Å². The second kappa shape index (κ2) is 4.22. The Morgan fingerprint density at radius 2 is 1.94 bits per heavy atom. The Balaban J connectivity index is 2.59. The Morgan fingerprint density at radius 3 is 2.44 bits per heavy atom. The molecule has 1 aromatic heterocycles. The lowest BCUT2D eigenvalue weighted by atomic mass is 10.2. The maximum absolute atomic E-state index is 6.11. The zero-order valence-corrected chi connectivity index (χ0v) is 11.7. The summed E-state index contributed by atoms with van der Waals surface area (Å²) in [6, 6.07) is 5.96. The van der Waals surface area contributed by atoms with Crippen molar-refractivity contribution in [2.45, 2.75) is 20.8 Å². The molecule has 1 aromatic carbocycles. The molecule has 0 aliphatic heterocycles. The van der Waals surface area contributed by atoms with Crippen molar-refractivity contribution in [3.8, 4) is 5.69 Å². The Kier molecular flexibility index (Phi) is 3.08. The molecule has 0 fully saturated rings. The van der Waals surface area contributed by atoms with Gasteiger partial charge in [0, 0.05) is 5.02 Å². The molecule has 2 nitrogen and oxygen atoms in total. The lowest BCUT2D eigenvalue weighted by molar-refractivity contribution is 0.833. The third-order valence-corrected chi connectivity index (χ3v) is 4.16. The maximum Gasteiger partial charge on any atom is 0.0743 e. The van der Waals surface area contributed by atoms with Crippen LogP contribution in [0.2, 0.25) is 5.02 Å². The second-order valence-corrected chi connectivity index (χ2v) is 5.03. The normalized spacial score (nSPS) is 10.8. The Morgan fingerprint density at radius 1 is 1.25 bits per heavy atom. The van der Waals surface area contributed by atoms with Crippen molar-refractivity contribution < 1.29 is 0 Å². The minimum absolute atomic E-state index is 0.765. The number of aryl methyl sites for hydroxylation is 2. The van der Waals surface area contributed by atoms with Crippen LogP contribution < -0.4 is 0 Å². The number of hydrogen-bond acceptors (Lipinski definition) is 1. The van der Waals surface area contributed by atoms with Crippen LogP contribution >= 0.6 is 27.5 Å². The molecule has 0 bridgehead atoms. The van der Waals surface area contributed by atoms with Crippen LogP contribution in [0, 0.1) is 20.8 Å². The average Bonchev–Trinajstić information content (AvgIpc) is 2.50. The van der Waals surface area contributed by atoms with Gasteiger partial charge in [-0.2, -0.15) is 5.10 Å². The highest BCUT2D eigenvalue weighted by atomic mass is 79.9. The van der Waals surface area contributed by atoms with Crippen molar-refractivity contribution in [3.05, 3.63) is 44.6 Å². The van der Waals surface area contributed by atoms with Crippen LogP contribution in [0.1, 0.15) is 17.0 Å². The van der Waals surface area contributed by atoms with E-state index in [1.165, 1.54) is 0 Å². The first-order valence-corrected chi connectivity index (χ1v) is 6.16. The predicted octanol–water partition coefficient (Wildman–Crippen LogP) is 4.21. The van der Waals surface area contributed by atoms with Crippen molar-refractivity contribution >= 4 is 27.5 Å². The monoisotopic (exact) mass is 298 g/mol. The van der Waals surface area contributed by atoms with Gasteiger partial charge in [0.15, 0.2) is 0 Å². The van der Waals surface area contributed by atoms with Crippen LogP contribution in [0.3, 0.4) is 0 Å². The summed E-state index contributed by atoms with van der Waals surface area (Å²) in [5.74, 6) is 0. The molecule has 16 heavy (non-hydrogen) atoms. The number of benzene rings is 1. The molecular formula is C12H12BrClN2. The summed E-state index contributed by atoms with van der Waals surface area (Å²) < 4.78 is 2.94. The van der Waals surface area contributed by atoms with Gasteiger partial charge in [-0.15, -0.1) is 0 Å². The van der Waals surface area contributed by atoms with Gasteiger partial charge in [0.25, 0.3) is 0 Å². The van der Waals surface area contributed by atoms with E-state index in [2.05, 4.69) is 21.0 Å². The lowest BCUT2D eigenvalue weighted by Crippen LogP contribution is -1.99. The summed E-state index contributed by atoms with van der Waals surface area (Å²) in [7, 11) is 0. The molecule has 2 aromatic rings. The highest BCUT2D eigenvalue weighted by Crippen LogP contribution is 2.25. The van der Waals surface area contributed by atoms with E-state index in [-0.39, 0.29) is 0 Å². The quantitative estimate of drug-likeness (QED) is 0.771. The molecule has 0 saturated carbocycles. The van der Waals surface area contributed by atoms with E-state index in [9.17, 15) is 0 Å². The van der Waals surface area contributed by atoms with Crippen LogP contribution in [-0.2, 0) is 0 Å². The summed E-state index contributed by atoms with van der Waals surface area (Å²) in [6.45, 7) is 5.99. The molecule has 84 valence electrons. The summed E-state index contributed by atoms with van der Waals surface area (Å²) >= 11 is 9.62. The molecule has 1 heterocycles. The fourth-order valence-electron chi connectivity index (χ4n) is 1.59. The SMILES string of the molecule is Cc1ccc(-n2nc(C)c(Br)c2C)cc1Cl. The Bertz CT molecular complexity index is 546. The van der Waals surface area contributed by atoms with E-state index >= 15 is 0 Å². The van der Waals surface area contributed by atoms with Crippen molar-refractivity contribution in [2.24, 2.45) is 0 Å². The number of nitrogens with zero attached hydrogens (tertiary/aromatic N) is 2. The minimum Gasteiger partial charge on any atom is -0.237 e. The van der Waals surface area contributed by atoms with Gasteiger partial charge in [-0.05, 0) is 54.4 Å². The number of aromatic nitrogens is 2. The van der Waals surface area contributed by atoms with Gasteiger partial charge < -0.3 is 0 Å². The van der Waals surface area contributed by atoms with Crippen molar-refractivity contribution in [1.82, 2.24) is 9.78 Å². The summed E-state index contributed by atoms with van der Waals surface area (Å²) in [4.78, 5) is 0. The number of hydrogen-bond donors (Lipinski definition) is 0.